The van der Waals surface area contributed by atoms with E-state index in [4.69, 9.17) is 11.5 Å². The number of H-pyrrole nitrogens is 2. The molecule has 0 aliphatic rings. The van der Waals surface area contributed by atoms with Gasteiger partial charge in [0.1, 0.15) is 17.2 Å². The second-order valence-corrected chi connectivity index (χ2v) is 4.24. The van der Waals surface area contributed by atoms with Crippen molar-refractivity contribution in [2.45, 2.75) is 19.3 Å². The van der Waals surface area contributed by atoms with Gasteiger partial charge in [-0.1, -0.05) is 0 Å². The van der Waals surface area contributed by atoms with E-state index >= 15 is 0 Å². The number of nitrogens with one attached hydrogen (secondary N) is 2. The van der Waals surface area contributed by atoms with E-state index in [0.717, 1.165) is 30.9 Å². The lowest BCUT2D eigenvalue weighted by Crippen LogP contribution is -1.99. The highest BCUT2D eigenvalue weighted by Crippen LogP contribution is 2.16. The van der Waals surface area contributed by atoms with Crippen molar-refractivity contribution < 1.29 is 0 Å². The number of aryl methyl sites for hydroxylation is 2. The van der Waals surface area contributed by atoms with E-state index in [2.05, 4.69) is 29.9 Å². The Morgan fingerprint density at radius 2 is 1.89 bits per heavy atom. The summed E-state index contributed by atoms with van der Waals surface area (Å²) < 4.78 is 0. The van der Waals surface area contributed by atoms with E-state index in [-0.39, 0.29) is 5.95 Å². The fourth-order valence-electron chi connectivity index (χ4n) is 1.96. The summed E-state index contributed by atoms with van der Waals surface area (Å²) in [5.74, 6) is 2.26. The molecule has 0 saturated carbocycles. The summed E-state index contributed by atoms with van der Waals surface area (Å²) in [5, 5.41) is 0. The lowest BCUT2D eigenvalue weighted by atomic mass is 10.2. The van der Waals surface area contributed by atoms with Crippen LogP contribution >= 0.6 is 0 Å². The van der Waals surface area contributed by atoms with E-state index in [1.807, 2.05) is 6.20 Å². The zero-order chi connectivity index (χ0) is 13.2. The Bertz CT molecular complexity index is 684. The summed E-state index contributed by atoms with van der Waals surface area (Å²) in [6, 6.07) is 0. The molecule has 0 amide bonds. The topological polar surface area (TPSA) is 135 Å². The number of nitrogens with zero attached hydrogens (tertiary/aromatic N) is 4. The van der Waals surface area contributed by atoms with Gasteiger partial charge in [0.25, 0.3) is 0 Å². The van der Waals surface area contributed by atoms with Crippen LogP contribution < -0.4 is 11.5 Å². The molecule has 98 valence electrons. The molecule has 0 aliphatic carbocycles. The van der Waals surface area contributed by atoms with Crippen molar-refractivity contribution in [1.29, 1.82) is 0 Å². The first-order valence-electron chi connectivity index (χ1n) is 5.98. The van der Waals surface area contributed by atoms with Crippen LogP contribution in [0.4, 0.5) is 11.8 Å². The molecule has 8 heteroatoms. The monoisotopic (exact) mass is 258 g/mol. The van der Waals surface area contributed by atoms with Crippen molar-refractivity contribution in [2.24, 2.45) is 0 Å². The van der Waals surface area contributed by atoms with Gasteiger partial charge in [0.2, 0.25) is 5.95 Å². The van der Waals surface area contributed by atoms with Crippen LogP contribution in [0.15, 0.2) is 12.4 Å². The molecule has 3 rings (SSSR count). The van der Waals surface area contributed by atoms with Crippen molar-refractivity contribution in [2.75, 3.05) is 11.5 Å². The molecule has 0 aromatic carbocycles. The van der Waals surface area contributed by atoms with Crippen LogP contribution in [-0.2, 0) is 12.8 Å². The number of aromatic amines is 2. The highest BCUT2D eigenvalue weighted by atomic mass is 15.1. The SMILES string of the molecule is Nc1nc(N)c2[nH]c(CCCc3ncc[nH]3)nc2n1. The number of nitrogens with two attached hydrogens (primary N) is 2. The van der Waals surface area contributed by atoms with Gasteiger partial charge in [0.05, 0.1) is 0 Å². The Morgan fingerprint density at radius 3 is 2.68 bits per heavy atom. The molecule has 3 aromatic rings. The van der Waals surface area contributed by atoms with Crippen LogP contribution in [0, 0.1) is 0 Å². The maximum absolute atomic E-state index is 5.76. The van der Waals surface area contributed by atoms with Gasteiger partial charge in [-0.05, 0) is 6.42 Å². The molecule has 3 aromatic heterocycles. The van der Waals surface area contributed by atoms with Crippen molar-refractivity contribution in [3.63, 3.8) is 0 Å². The molecule has 0 atom stereocenters. The number of imidazole rings is 2. The van der Waals surface area contributed by atoms with Crippen molar-refractivity contribution in [3.05, 3.63) is 24.0 Å². The minimum Gasteiger partial charge on any atom is -0.382 e. The quantitative estimate of drug-likeness (QED) is 0.535. The first kappa shape index (κ1) is 11.5. The number of aromatic nitrogens is 6. The summed E-state index contributed by atoms with van der Waals surface area (Å²) in [6.07, 6.45) is 6.14. The summed E-state index contributed by atoms with van der Waals surface area (Å²) in [7, 11) is 0. The normalized spacial score (nSPS) is 11.2. The van der Waals surface area contributed by atoms with Crippen LogP contribution in [0.1, 0.15) is 18.1 Å². The van der Waals surface area contributed by atoms with Crippen molar-refractivity contribution >= 4 is 22.9 Å². The number of hydrogen-bond acceptors (Lipinski definition) is 6. The molecule has 3 heterocycles. The fourth-order valence-corrected chi connectivity index (χ4v) is 1.96. The zero-order valence-electron chi connectivity index (χ0n) is 10.2. The number of fused-ring (bicyclic) bond motifs is 1. The third-order valence-corrected chi connectivity index (χ3v) is 2.83. The van der Waals surface area contributed by atoms with Gasteiger partial charge in [-0.2, -0.15) is 9.97 Å². The smallest absolute Gasteiger partial charge is 0.224 e. The second kappa shape index (κ2) is 4.56. The molecule has 0 fully saturated rings. The maximum Gasteiger partial charge on any atom is 0.224 e. The minimum absolute atomic E-state index is 0.138. The zero-order valence-corrected chi connectivity index (χ0v) is 10.2. The largest absolute Gasteiger partial charge is 0.382 e. The predicted molar refractivity (Wildman–Crippen MR) is 71.1 cm³/mol. The molecule has 0 radical (unpaired) electrons. The van der Waals surface area contributed by atoms with Gasteiger partial charge in [-0.3, -0.25) is 0 Å². The van der Waals surface area contributed by atoms with Crippen LogP contribution in [0.25, 0.3) is 11.2 Å². The summed E-state index contributed by atoms with van der Waals surface area (Å²) in [4.78, 5) is 22.7. The van der Waals surface area contributed by atoms with Crippen LogP contribution in [0.3, 0.4) is 0 Å². The lowest BCUT2D eigenvalue weighted by molar-refractivity contribution is 0.756. The van der Waals surface area contributed by atoms with Crippen molar-refractivity contribution in [1.82, 2.24) is 29.9 Å². The van der Waals surface area contributed by atoms with E-state index in [1.54, 1.807) is 6.20 Å². The Balaban J connectivity index is 1.73. The molecule has 6 N–H and O–H groups in total. The van der Waals surface area contributed by atoms with E-state index < -0.39 is 0 Å². The summed E-state index contributed by atoms with van der Waals surface area (Å²) in [5.41, 5.74) is 12.4. The second-order valence-electron chi connectivity index (χ2n) is 4.24. The maximum atomic E-state index is 5.76. The number of nitrogen functional groups attached to an aromatic ring is 2. The molecule has 0 unspecified atom stereocenters. The summed E-state index contributed by atoms with van der Waals surface area (Å²) in [6.45, 7) is 0. The van der Waals surface area contributed by atoms with Gasteiger partial charge in [-0.15, -0.1) is 0 Å². The summed E-state index contributed by atoms with van der Waals surface area (Å²) >= 11 is 0. The number of hydrogen-bond donors (Lipinski definition) is 4. The number of rotatable bonds is 4. The highest BCUT2D eigenvalue weighted by molar-refractivity contribution is 5.82. The number of anilines is 2. The average Bonchev–Trinajstić information content (AvgIpc) is 2.98. The fraction of sp³-hybridized carbons (Fsp3) is 0.273. The molecular formula is C11H14N8. The Labute approximate surface area is 108 Å². The third kappa shape index (κ3) is 2.32. The Morgan fingerprint density at radius 1 is 1.05 bits per heavy atom. The first-order chi connectivity index (χ1) is 9.22. The van der Waals surface area contributed by atoms with E-state index in [9.17, 15) is 0 Å². The molecule has 0 saturated heterocycles. The standard InChI is InChI=1S/C11H14N8/c12-9-8-10(19-11(13)18-9)17-7(16-8)3-1-2-6-14-4-5-15-6/h4-5H,1-3H2,(H,14,15)(H5,12,13,16,17,18,19). The predicted octanol–water partition coefficient (Wildman–Crippen LogP) is 0.416. The van der Waals surface area contributed by atoms with Crippen molar-refractivity contribution in [3.8, 4) is 0 Å². The molecule has 0 aliphatic heterocycles. The van der Waals surface area contributed by atoms with Gasteiger partial charge in [0.15, 0.2) is 11.5 Å². The van der Waals surface area contributed by atoms with Crippen LogP contribution in [0.2, 0.25) is 0 Å². The van der Waals surface area contributed by atoms with Gasteiger partial charge >= 0.3 is 0 Å². The average molecular weight is 258 g/mol. The Kier molecular flexibility index (Phi) is 2.75. The first-order valence-corrected chi connectivity index (χ1v) is 5.98. The molecular weight excluding hydrogens is 244 g/mol. The van der Waals surface area contributed by atoms with Gasteiger partial charge in [-0.25, -0.2) is 9.97 Å². The van der Waals surface area contributed by atoms with E-state index in [0.29, 0.717) is 17.0 Å². The lowest BCUT2D eigenvalue weighted by Gasteiger charge is -1.95. The third-order valence-electron chi connectivity index (χ3n) is 2.83. The van der Waals surface area contributed by atoms with Crippen LogP contribution in [0.5, 0.6) is 0 Å². The highest BCUT2D eigenvalue weighted by Gasteiger charge is 2.09. The van der Waals surface area contributed by atoms with E-state index in [1.165, 1.54) is 0 Å². The van der Waals surface area contributed by atoms with Gasteiger partial charge in [0, 0.05) is 25.2 Å². The molecule has 0 bridgehead atoms. The molecule has 19 heavy (non-hydrogen) atoms. The Hall–Kier alpha value is -2.64. The van der Waals surface area contributed by atoms with Crippen LogP contribution in [-0.4, -0.2) is 29.9 Å². The minimum atomic E-state index is 0.138. The molecule has 8 nitrogen and oxygen atoms in total. The molecule has 0 spiro atoms. The van der Waals surface area contributed by atoms with Gasteiger partial charge < -0.3 is 21.4 Å².